The topological polar surface area (TPSA) is 46.4 Å². The minimum atomic E-state index is -1.00. The summed E-state index contributed by atoms with van der Waals surface area (Å²) in [6.07, 6.45) is 4.07. The first-order chi connectivity index (χ1) is 12.1. The number of hydrogen-bond donors (Lipinski definition) is 1. The lowest BCUT2D eigenvalue weighted by molar-refractivity contribution is -0.117. The van der Waals surface area contributed by atoms with Crippen molar-refractivity contribution < 1.29 is 9.18 Å². The molecule has 1 aliphatic rings. The number of anilines is 1. The summed E-state index contributed by atoms with van der Waals surface area (Å²) >= 11 is 0. The minimum Gasteiger partial charge on any atom is -0.309 e. The van der Waals surface area contributed by atoms with Gasteiger partial charge in [0, 0.05) is 6.20 Å². The van der Waals surface area contributed by atoms with Gasteiger partial charge in [0.05, 0.1) is 12.1 Å². The van der Waals surface area contributed by atoms with E-state index in [1.54, 1.807) is 6.20 Å². The number of amides is 1. The third kappa shape index (κ3) is 2.90. The second-order valence-corrected chi connectivity index (χ2v) is 6.62. The van der Waals surface area contributed by atoms with E-state index in [4.69, 9.17) is 0 Å². The molecule has 25 heavy (non-hydrogen) atoms. The SMILES string of the molecule is CCc1cccc(C)c1-c1ccc2nc(NC(=O)C3CC3F)cn2c1. The first-order valence-electron chi connectivity index (χ1n) is 8.59. The number of carbonyl (C=O) groups excluding carboxylic acids is 1. The highest BCUT2D eigenvalue weighted by molar-refractivity contribution is 5.94. The molecule has 0 saturated heterocycles. The van der Waals surface area contributed by atoms with Gasteiger partial charge in [-0.05, 0) is 54.2 Å². The smallest absolute Gasteiger partial charge is 0.231 e. The van der Waals surface area contributed by atoms with Gasteiger partial charge in [-0.25, -0.2) is 9.37 Å². The molecule has 4 rings (SSSR count). The number of fused-ring (bicyclic) bond motifs is 1. The summed E-state index contributed by atoms with van der Waals surface area (Å²) in [7, 11) is 0. The molecule has 1 aliphatic carbocycles. The van der Waals surface area contributed by atoms with Crippen LogP contribution in [0.3, 0.4) is 0 Å². The van der Waals surface area contributed by atoms with Gasteiger partial charge in [0.2, 0.25) is 5.91 Å². The van der Waals surface area contributed by atoms with Crippen LogP contribution in [-0.4, -0.2) is 21.5 Å². The number of halogens is 1. The van der Waals surface area contributed by atoms with Gasteiger partial charge in [0.15, 0.2) is 5.82 Å². The molecule has 1 N–H and O–H groups in total. The Morgan fingerprint density at radius 3 is 2.84 bits per heavy atom. The largest absolute Gasteiger partial charge is 0.309 e. The van der Waals surface area contributed by atoms with Gasteiger partial charge in [-0.3, -0.25) is 4.79 Å². The van der Waals surface area contributed by atoms with Crippen LogP contribution in [0.4, 0.5) is 10.2 Å². The molecular weight excluding hydrogens is 317 g/mol. The van der Waals surface area contributed by atoms with Crippen molar-refractivity contribution in [3.8, 4) is 11.1 Å². The Morgan fingerprint density at radius 1 is 1.32 bits per heavy atom. The number of aromatic nitrogens is 2. The lowest BCUT2D eigenvalue weighted by atomic mass is 9.95. The van der Waals surface area contributed by atoms with Gasteiger partial charge in [0.1, 0.15) is 11.8 Å². The average molecular weight is 337 g/mol. The maximum atomic E-state index is 13.0. The van der Waals surface area contributed by atoms with E-state index in [2.05, 4.69) is 42.3 Å². The summed E-state index contributed by atoms with van der Waals surface area (Å²) in [6, 6.07) is 10.3. The van der Waals surface area contributed by atoms with E-state index in [1.807, 2.05) is 22.7 Å². The number of pyridine rings is 1. The van der Waals surface area contributed by atoms with E-state index in [0.717, 1.165) is 17.6 Å². The van der Waals surface area contributed by atoms with E-state index >= 15 is 0 Å². The lowest BCUT2D eigenvalue weighted by Gasteiger charge is -2.12. The summed E-state index contributed by atoms with van der Waals surface area (Å²) in [4.78, 5) is 16.3. The maximum Gasteiger partial charge on any atom is 0.231 e. The van der Waals surface area contributed by atoms with Crippen LogP contribution in [0.5, 0.6) is 0 Å². The predicted octanol–water partition coefficient (Wildman–Crippen LogP) is 4.17. The first kappa shape index (κ1) is 15.8. The molecule has 1 aromatic carbocycles. The van der Waals surface area contributed by atoms with Crippen LogP contribution < -0.4 is 5.32 Å². The Hall–Kier alpha value is -2.69. The number of rotatable bonds is 4. The Morgan fingerprint density at radius 2 is 2.12 bits per heavy atom. The van der Waals surface area contributed by atoms with Crippen LogP contribution >= 0.6 is 0 Å². The van der Waals surface area contributed by atoms with E-state index < -0.39 is 12.1 Å². The number of carbonyl (C=O) groups is 1. The summed E-state index contributed by atoms with van der Waals surface area (Å²) in [5.41, 5.74) is 5.64. The van der Waals surface area contributed by atoms with Gasteiger partial charge in [-0.1, -0.05) is 25.1 Å². The zero-order chi connectivity index (χ0) is 17.6. The number of imidazole rings is 1. The molecule has 1 amide bonds. The molecule has 2 atom stereocenters. The Balaban J connectivity index is 1.68. The number of alkyl halides is 1. The number of nitrogens with one attached hydrogen (secondary N) is 1. The number of benzene rings is 1. The molecule has 128 valence electrons. The van der Waals surface area contributed by atoms with Crippen LogP contribution in [0, 0.1) is 12.8 Å². The first-order valence-corrected chi connectivity index (χ1v) is 8.59. The highest BCUT2D eigenvalue weighted by atomic mass is 19.1. The fourth-order valence-electron chi connectivity index (χ4n) is 3.29. The normalized spacial score (nSPS) is 19.2. The third-order valence-corrected chi connectivity index (χ3v) is 4.78. The van der Waals surface area contributed by atoms with E-state index in [1.165, 1.54) is 16.7 Å². The van der Waals surface area contributed by atoms with Crippen molar-refractivity contribution in [1.82, 2.24) is 9.38 Å². The molecule has 5 heteroatoms. The van der Waals surface area contributed by atoms with Crippen molar-refractivity contribution in [1.29, 1.82) is 0 Å². The third-order valence-electron chi connectivity index (χ3n) is 4.78. The molecule has 1 saturated carbocycles. The standard InChI is InChI=1S/C20H20FN3O/c1-3-13-6-4-5-12(2)19(13)14-7-8-18-22-17(11-24(18)10-14)23-20(25)15-9-16(15)21/h4-8,10-11,15-16H,3,9H2,1-2H3,(H,23,25). The molecule has 4 nitrogen and oxygen atoms in total. The highest BCUT2D eigenvalue weighted by Gasteiger charge is 2.43. The average Bonchev–Trinajstić information content (AvgIpc) is 3.20. The minimum absolute atomic E-state index is 0.289. The summed E-state index contributed by atoms with van der Waals surface area (Å²) in [5.74, 6) is -0.343. The highest BCUT2D eigenvalue weighted by Crippen LogP contribution is 2.34. The van der Waals surface area contributed by atoms with Gasteiger partial charge in [0.25, 0.3) is 0 Å². The molecule has 0 bridgehead atoms. The molecule has 1 fully saturated rings. The van der Waals surface area contributed by atoms with E-state index in [-0.39, 0.29) is 5.91 Å². The molecule has 3 aromatic rings. The number of aryl methyl sites for hydroxylation is 2. The van der Waals surface area contributed by atoms with Gasteiger partial charge >= 0.3 is 0 Å². The van der Waals surface area contributed by atoms with E-state index in [0.29, 0.717) is 12.2 Å². The zero-order valence-electron chi connectivity index (χ0n) is 14.3. The molecule has 0 radical (unpaired) electrons. The molecule has 2 unspecified atom stereocenters. The number of nitrogens with zero attached hydrogens (tertiary/aromatic N) is 2. The van der Waals surface area contributed by atoms with Crippen LogP contribution in [0.15, 0.2) is 42.7 Å². The van der Waals surface area contributed by atoms with Crippen molar-refractivity contribution in [2.75, 3.05) is 5.32 Å². The van der Waals surface area contributed by atoms with Crippen LogP contribution in [0.2, 0.25) is 0 Å². The Kier molecular flexibility index (Phi) is 3.79. The van der Waals surface area contributed by atoms with E-state index in [9.17, 15) is 9.18 Å². The van der Waals surface area contributed by atoms with Gasteiger partial charge in [-0.15, -0.1) is 0 Å². The predicted molar refractivity (Wildman–Crippen MR) is 96.4 cm³/mol. The fraction of sp³-hybridized carbons (Fsp3) is 0.300. The van der Waals surface area contributed by atoms with Crippen molar-refractivity contribution >= 4 is 17.4 Å². The van der Waals surface area contributed by atoms with Gasteiger partial charge < -0.3 is 9.72 Å². The molecule has 2 aromatic heterocycles. The van der Waals surface area contributed by atoms with Crippen LogP contribution in [-0.2, 0) is 11.2 Å². The second-order valence-electron chi connectivity index (χ2n) is 6.62. The maximum absolute atomic E-state index is 13.0. The molecule has 2 heterocycles. The summed E-state index contributed by atoms with van der Waals surface area (Å²) in [5, 5.41) is 2.71. The number of hydrogen-bond acceptors (Lipinski definition) is 2. The van der Waals surface area contributed by atoms with Crippen molar-refractivity contribution in [2.45, 2.75) is 32.9 Å². The lowest BCUT2D eigenvalue weighted by Crippen LogP contribution is -2.15. The molecule has 0 aliphatic heterocycles. The monoisotopic (exact) mass is 337 g/mol. The second kappa shape index (κ2) is 5.99. The van der Waals surface area contributed by atoms with Crippen molar-refractivity contribution in [3.05, 3.63) is 53.9 Å². The molecular formula is C20H20FN3O. The Bertz CT molecular complexity index is 963. The quantitative estimate of drug-likeness (QED) is 0.777. The van der Waals surface area contributed by atoms with Crippen LogP contribution in [0.25, 0.3) is 16.8 Å². The van der Waals surface area contributed by atoms with Crippen molar-refractivity contribution in [3.63, 3.8) is 0 Å². The zero-order valence-corrected chi connectivity index (χ0v) is 14.3. The van der Waals surface area contributed by atoms with Crippen LogP contribution in [0.1, 0.15) is 24.5 Å². The van der Waals surface area contributed by atoms with Gasteiger partial charge in [-0.2, -0.15) is 0 Å². The Labute approximate surface area is 145 Å². The summed E-state index contributed by atoms with van der Waals surface area (Å²) < 4.78 is 14.9. The molecule has 0 spiro atoms. The van der Waals surface area contributed by atoms with Crippen molar-refractivity contribution in [2.24, 2.45) is 5.92 Å². The summed E-state index contributed by atoms with van der Waals surface area (Å²) in [6.45, 7) is 4.26. The fourth-order valence-corrected chi connectivity index (χ4v) is 3.29.